The molecule has 0 atom stereocenters. The average Bonchev–Trinajstić information content (AvgIpc) is 3.07. The number of carbonyl (C=O) groups excluding carboxylic acids is 1. The third-order valence-corrected chi connectivity index (χ3v) is 4.66. The molecule has 2 N–H and O–H groups in total. The van der Waals surface area contributed by atoms with E-state index in [-0.39, 0.29) is 11.6 Å². The lowest BCUT2D eigenvalue weighted by molar-refractivity contribution is 0.102. The molecule has 146 valence electrons. The lowest BCUT2D eigenvalue weighted by Gasteiger charge is -2.12. The summed E-state index contributed by atoms with van der Waals surface area (Å²) in [4.78, 5) is 24.7. The highest BCUT2D eigenvalue weighted by molar-refractivity contribution is 6.04. The third kappa shape index (κ3) is 4.03. The van der Waals surface area contributed by atoms with Gasteiger partial charge < -0.3 is 10.6 Å². The first-order chi connectivity index (χ1) is 14.1. The molecule has 0 spiro atoms. The normalized spacial score (nSPS) is 10.8. The van der Waals surface area contributed by atoms with Gasteiger partial charge in [-0.25, -0.2) is 9.48 Å². The van der Waals surface area contributed by atoms with Gasteiger partial charge >= 0.3 is 5.69 Å². The predicted octanol–water partition coefficient (Wildman–Crippen LogP) is 3.17. The van der Waals surface area contributed by atoms with Gasteiger partial charge in [0.25, 0.3) is 5.91 Å². The molecule has 0 bridgehead atoms. The van der Waals surface area contributed by atoms with Crippen LogP contribution in [0.15, 0.2) is 77.7 Å². The Balaban J connectivity index is 1.43. The fraction of sp³-hybridized carbons (Fsp3) is 0.136. The number of rotatable bonds is 6. The van der Waals surface area contributed by atoms with Gasteiger partial charge in [0.2, 0.25) is 0 Å². The maximum atomic E-state index is 12.4. The smallest absolute Gasteiger partial charge is 0.350 e. The molecule has 7 nitrogen and oxygen atoms in total. The van der Waals surface area contributed by atoms with E-state index < -0.39 is 0 Å². The molecule has 2 aromatic carbocycles. The number of hydrogen-bond donors (Lipinski definition) is 2. The van der Waals surface area contributed by atoms with Gasteiger partial charge in [-0.15, -0.1) is 5.10 Å². The Hall–Kier alpha value is -3.87. The maximum absolute atomic E-state index is 12.4. The van der Waals surface area contributed by atoms with Crippen molar-refractivity contribution in [3.63, 3.8) is 0 Å². The van der Waals surface area contributed by atoms with E-state index in [4.69, 9.17) is 0 Å². The second-order valence-corrected chi connectivity index (χ2v) is 6.71. The van der Waals surface area contributed by atoms with Gasteiger partial charge in [0, 0.05) is 29.7 Å². The molecule has 4 rings (SSSR count). The first-order valence-corrected chi connectivity index (χ1v) is 9.37. The van der Waals surface area contributed by atoms with Crippen molar-refractivity contribution in [1.29, 1.82) is 0 Å². The van der Waals surface area contributed by atoms with E-state index >= 15 is 0 Å². The Kier molecular flexibility index (Phi) is 5.11. The average molecular weight is 387 g/mol. The van der Waals surface area contributed by atoms with Crippen molar-refractivity contribution in [3.8, 4) is 0 Å². The number of nitrogens with one attached hydrogen (secondary N) is 2. The van der Waals surface area contributed by atoms with Gasteiger partial charge in [-0.2, -0.15) is 0 Å². The van der Waals surface area contributed by atoms with Crippen molar-refractivity contribution in [3.05, 3.63) is 94.5 Å². The van der Waals surface area contributed by atoms with E-state index in [0.29, 0.717) is 30.0 Å². The maximum Gasteiger partial charge on any atom is 0.350 e. The van der Waals surface area contributed by atoms with Crippen LogP contribution in [0.2, 0.25) is 0 Å². The van der Waals surface area contributed by atoms with Crippen molar-refractivity contribution >= 4 is 22.9 Å². The molecule has 1 amide bonds. The van der Waals surface area contributed by atoms with Crippen LogP contribution >= 0.6 is 0 Å². The molecule has 0 fully saturated rings. The molecule has 4 aromatic rings. The standard InChI is InChI=1S/C22H21N5O2/c1-16-10-11-18(24-21(28)17-7-3-2-4-8-17)15-19(16)23-12-14-27-22(29)26-13-6-5-9-20(26)25-27/h2-11,13,15,23H,12,14H2,1H3,(H,24,28). The van der Waals surface area contributed by atoms with Crippen molar-refractivity contribution in [2.45, 2.75) is 13.5 Å². The molecule has 0 radical (unpaired) electrons. The number of fused-ring (bicyclic) bond motifs is 1. The van der Waals surface area contributed by atoms with E-state index in [1.807, 2.05) is 49.4 Å². The van der Waals surface area contributed by atoms with Gasteiger partial charge in [-0.05, 0) is 48.9 Å². The molecule has 2 aromatic heterocycles. The minimum absolute atomic E-state index is 0.156. The summed E-state index contributed by atoms with van der Waals surface area (Å²) in [6.45, 7) is 2.95. The Bertz CT molecular complexity index is 1210. The van der Waals surface area contributed by atoms with E-state index in [1.165, 1.54) is 9.08 Å². The fourth-order valence-corrected chi connectivity index (χ4v) is 3.09. The SMILES string of the molecule is Cc1ccc(NC(=O)c2ccccc2)cc1NCCn1nc2ccccn2c1=O. The van der Waals surface area contributed by atoms with Crippen LogP contribution in [0.25, 0.3) is 5.65 Å². The largest absolute Gasteiger partial charge is 0.383 e. The zero-order chi connectivity index (χ0) is 20.2. The number of benzene rings is 2. The van der Waals surface area contributed by atoms with Crippen molar-refractivity contribution in [1.82, 2.24) is 14.2 Å². The molecule has 0 unspecified atom stereocenters. The third-order valence-electron chi connectivity index (χ3n) is 4.66. The second kappa shape index (κ2) is 8.02. The molecule has 0 aliphatic rings. The fourth-order valence-electron chi connectivity index (χ4n) is 3.09. The van der Waals surface area contributed by atoms with Crippen molar-refractivity contribution in [2.75, 3.05) is 17.2 Å². The highest BCUT2D eigenvalue weighted by Crippen LogP contribution is 2.20. The van der Waals surface area contributed by atoms with Crippen LogP contribution in [-0.2, 0) is 6.54 Å². The monoisotopic (exact) mass is 387 g/mol. The van der Waals surface area contributed by atoms with Gasteiger partial charge in [0.05, 0.1) is 6.54 Å². The highest BCUT2D eigenvalue weighted by Gasteiger charge is 2.08. The quantitative estimate of drug-likeness (QED) is 0.533. The Morgan fingerprint density at radius 3 is 2.62 bits per heavy atom. The first kappa shape index (κ1) is 18.5. The topological polar surface area (TPSA) is 80.4 Å². The molecule has 0 aliphatic heterocycles. The summed E-state index contributed by atoms with van der Waals surface area (Å²) in [6.07, 6.45) is 1.71. The first-order valence-electron chi connectivity index (χ1n) is 9.37. The summed E-state index contributed by atoms with van der Waals surface area (Å²) in [6, 6.07) is 20.2. The lowest BCUT2D eigenvalue weighted by Crippen LogP contribution is -2.24. The molecule has 0 aliphatic carbocycles. The van der Waals surface area contributed by atoms with E-state index in [1.54, 1.807) is 30.5 Å². The minimum Gasteiger partial charge on any atom is -0.383 e. The molecule has 7 heteroatoms. The van der Waals surface area contributed by atoms with Crippen LogP contribution in [-0.4, -0.2) is 26.6 Å². The van der Waals surface area contributed by atoms with Gasteiger partial charge in [0.1, 0.15) is 0 Å². The lowest BCUT2D eigenvalue weighted by atomic mass is 10.1. The zero-order valence-corrected chi connectivity index (χ0v) is 16.0. The second-order valence-electron chi connectivity index (χ2n) is 6.71. The molecular weight excluding hydrogens is 366 g/mol. The minimum atomic E-state index is -0.164. The predicted molar refractivity (Wildman–Crippen MR) is 114 cm³/mol. The number of amides is 1. The Morgan fingerprint density at radius 2 is 1.83 bits per heavy atom. The molecule has 29 heavy (non-hydrogen) atoms. The van der Waals surface area contributed by atoms with Gasteiger partial charge in [-0.1, -0.05) is 30.3 Å². The summed E-state index contributed by atoms with van der Waals surface area (Å²) in [5.41, 5.74) is 3.71. The summed E-state index contributed by atoms with van der Waals surface area (Å²) in [5, 5.41) is 10.6. The number of nitrogens with zero attached hydrogens (tertiary/aromatic N) is 3. The van der Waals surface area contributed by atoms with Crippen LogP contribution in [0, 0.1) is 6.92 Å². The van der Waals surface area contributed by atoms with Crippen LogP contribution in [0.4, 0.5) is 11.4 Å². The summed E-state index contributed by atoms with van der Waals surface area (Å²) in [5.74, 6) is -0.156. The molecule has 2 heterocycles. The van der Waals surface area contributed by atoms with Gasteiger partial charge in [-0.3, -0.25) is 9.20 Å². The highest BCUT2D eigenvalue weighted by atomic mass is 16.2. The zero-order valence-electron chi connectivity index (χ0n) is 16.0. The summed E-state index contributed by atoms with van der Waals surface area (Å²) < 4.78 is 2.96. The molecule has 0 saturated carbocycles. The van der Waals surface area contributed by atoms with Gasteiger partial charge in [0.15, 0.2) is 5.65 Å². The Morgan fingerprint density at radius 1 is 1.03 bits per heavy atom. The number of aromatic nitrogens is 3. The number of pyridine rings is 1. The molecular formula is C22H21N5O2. The van der Waals surface area contributed by atoms with E-state index in [2.05, 4.69) is 15.7 Å². The van der Waals surface area contributed by atoms with E-state index in [9.17, 15) is 9.59 Å². The number of carbonyl (C=O) groups is 1. The van der Waals surface area contributed by atoms with Crippen LogP contribution < -0.4 is 16.3 Å². The van der Waals surface area contributed by atoms with Crippen molar-refractivity contribution in [2.24, 2.45) is 0 Å². The summed E-state index contributed by atoms with van der Waals surface area (Å²) in [7, 11) is 0. The van der Waals surface area contributed by atoms with Crippen LogP contribution in [0.3, 0.4) is 0 Å². The number of hydrogen-bond acceptors (Lipinski definition) is 4. The van der Waals surface area contributed by atoms with Crippen molar-refractivity contribution < 1.29 is 4.79 Å². The van der Waals surface area contributed by atoms with E-state index in [0.717, 1.165) is 11.3 Å². The summed E-state index contributed by atoms with van der Waals surface area (Å²) >= 11 is 0. The number of aryl methyl sites for hydroxylation is 1. The van der Waals surface area contributed by atoms with Crippen LogP contribution in [0.5, 0.6) is 0 Å². The Labute approximate surface area is 167 Å². The molecule has 0 saturated heterocycles. The van der Waals surface area contributed by atoms with Crippen LogP contribution in [0.1, 0.15) is 15.9 Å². The number of anilines is 2.